The molecule has 2 nitrogen and oxygen atoms in total. The van der Waals surface area contributed by atoms with E-state index in [1.807, 2.05) is 37.3 Å². The molecule has 0 aliphatic heterocycles. The van der Waals surface area contributed by atoms with Crippen molar-refractivity contribution in [1.29, 1.82) is 0 Å². The zero-order valence-corrected chi connectivity index (χ0v) is 13.4. The summed E-state index contributed by atoms with van der Waals surface area (Å²) in [6.45, 7) is 1.88. The Kier molecular flexibility index (Phi) is 4.66. The molecule has 1 aromatic heterocycles. The summed E-state index contributed by atoms with van der Waals surface area (Å²) in [6.07, 6.45) is 1.29. The standard InChI is InChI=1S/C15H17BrO2S/c1-15(17,10-13-7-8-14(16)19-13)9-11-3-5-12(18-2)6-4-11/h3-8,17H,9-10H2,1-2H3. The van der Waals surface area contributed by atoms with Crippen molar-refractivity contribution in [2.24, 2.45) is 0 Å². The van der Waals surface area contributed by atoms with E-state index < -0.39 is 5.60 Å². The average molecular weight is 341 g/mol. The lowest BCUT2D eigenvalue weighted by Crippen LogP contribution is -2.29. The van der Waals surface area contributed by atoms with Gasteiger partial charge in [0.15, 0.2) is 0 Å². The van der Waals surface area contributed by atoms with Gasteiger partial charge in [0.2, 0.25) is 0 Å². The van der Waals surface area contributed by atoms with Crippen LogP contribution in [0.5, 0.6) is 5.75 Å². The molecule has 19 heavy (non-hydrogen) atoms. The number of benzene rings is 1. The first-order valence-electron chi connectivity index (χ1n) is 6.08. The average Bonchev–Trinajstić information content (AvgIpc) is 2.74. The summed E-state index contributed by atoms with van der Waals surface area (Å²) in [4.78, 5) is 1.19. The van der Waals surface area contributed by atoms with Gasteiger partial charge in [0.1, 0.15) is 5.75 Å². The van der Waals surface area contributed by atoms with Crippen LogP contribution in [0.15, 0.2) is 40.2 Å². The summed E-state index contributed by atoms with van der Waals surface area (Å²) in [5, 5.41) is 10.5. The molecule has 2 rings (SSSR count). The lowest BCUT2D eigenvalue weighted by molar-refractivity contribution is 0.0616. The van der Waals surface area contributed by atoms with Gasteiger partial charge in [0.25, 0.3) is 0 Å². The van der Waals surface area contributed by atoms with E-state index in [1.54, 1.807) is 18.4 Å². The fourth-order valence-corrected chi connectivity index (χ4v) is 3.73. The molecule has 4 heteroatoms. The monoisotopic (exact) mass is 340 g/mol. The van der Waals surface area contributed by atoms with Gasteiger partial charge in [0, 0.05) is 17.7 Å². The highest BCUT2D eigenvalue weighted by molar-refractivity contribution is 9.11. The van der Waals surface area contributed by atoms with Crippen LogP contribution >= 0.6 is 27.3 Å². The Morgan fingerprint density at radius 1 is 1.16 bits per heavy atom. The number of hydrogen-bond acceptors (Lipinski definition) is 3. The molecule has 0 aliphatic carbocycles. The maximum atomic E-state index is 10.5. The number of methoxy groups -OCH3 is 1. The molecule has 1 atom stereocenters. The molecule has 0 radical (unpaired) electrons. The second-order valence-electron chi connectivity index (χ2n) is 4.90. The van der Waals surface area contributed by atoms with Crippen LogP contribution in [0, 0.1) is 0 Å². The molecule has 0 spiro atoms. The predicted octanol–water partition coefficient (Wildman–Crippen LogP) is 4.06. The van der Waals surface area contributed by atoms with E-state index in [2.05, 4.69) is 22.0 Å². The Labute approximate surface area is 126 Å². The highest BCUT2D eigenvalue weighted by atomic mass is 79.9. The van der Waals surface area contributed by atoms with E-state index in [4.69, 9.17) is 4.74 Å². The quantitative estimate of drug-likeness (QED) is 0.889. The lowest BCUT2D eigenvalue weighted by Gasteiger charge is -2.22. The molecule has 0 fully saturated rings. The number of rotatable bonds is 5. The minimum Gasteiger partial charge on any atom is -0.497 e. The fourth-order valence-electron chi connectivity index (χ4n) is 2.07. The second-order valence-corrected chi connectivity index (χ2v) is 7.45. The molecular formula is C15H17BrO2S. The highest BCUT2D eigenvalue weighted by Gasteiger charge is 2.22. The molecule has 0 saturated carbocycles. The van der Waals surface area contributed by atoms with Crippen LogP contribution in [0.3, 0.4) is 0 Å². The van der Waals surface area contributed by atoms with Crippen molar-refractivity contribution in [2.45, 2.75) is 25.4 Å². The van der Waals surface area contributed by atoms with Gasteiger partial charge in [-0.05, 0) is 52.7 Å². The van der Waals surface area contributed by atoms with Crippen LogP contribution in [-0.4, -0.2) is 17.8 Å². The van der Waals surface area contributed by atoms with Crippen LogP contribution in [0.25, 0.3) is 0 Å². The third kappa shape index (κ3) is 4.34. The van der Waals surface area contributed by atoms with Gasteiger partial charge in [-0.2, -0.15) is 0 Å². The Morgan fingerprint density at radius 2 is 1.84 bits per heavy atom. The van der Waals surface area contributed by atoms with Crippen LogP contribution in [0.1, 0.15) is 17.4 Å². The molecule has 0 aliphatic rings. The van der Waals surface area contributed by atoms with Crippen molar-refractivity contribution < 1.29 is 9.84 Å². The third-order valence-corrected chi connectivity index (χ3v) is 4.55. The SMILES string of the molecule is COc1ccc(CC(C)(O)Cc2ccc(Br)s2)cc1. The van der Waals surface area contributed by atoms with Crippen molar-refractivity contribution in [3.05, 3.63) is 50.6 Å². The Hall–Kier alpha value is -0.840. The normalized spacial score (nSPS) is 14.1. The number of aliphatic hydroxyl groups is 1. The molecule has 2 aromatic rings. The van der Waals surface area contributed by atoms with E-state index in [0.717, 1.165) is 15.1 Å². The van der Waals surface area contributed by atoms with Crippen LogP contribution in [-0.2, 0) is 12.8 Å². The number of thiophene rings is 1. The van der Waals surface area contributed by atoms with Crippen molar-refractivity contribution >= 4 is 27.3 Å². The summed E-state index contributed by atoms with van der Waals surface area (Å²) < 4.78 is 6.23. The Balaban J connectivity index is 2.03. The summed E-state index contributed by atoms with van der Waals surface area (Å²) in [5.74, 6) is 0.839. The predicted molar refractivity (Wildman–Crippen MR) is 83.0 cm³/mol. The molecule has 0 saturated heterocycles. The minimum atomic E-state index is -0.737. The van der Waals surface area contributed by atoms with Gasteiger partial charge >= 0.3 is 0 Å². The fraction of sp³-hybridized carbons (Fsp3) is 0.333. The van der Waals surface area contributed by atoms with Gasteiger partial charge in [0.05, 0.1) is 16.5 Å². The van der Waals surface area contributed by atoms with Gasteiger partial charge in [-0.1, -0.05) is 12.1 Å². The zero-order valence-electron chi connectivity index (χ0n) is 11.0. The molecule has 1 aromatic carbocycles. The smallest absolute Gasteiger partial charge is 0.118 e. The number of halogens is 1. The first-order chi connectivity index (χ1) is 8.98. The third-order valence-electron chi connectivity index (χ3n) is 2.93. The lowest BCUT2D eigenvalue weighted by atomic mass is 9.92. The van der Waals surface area contributed by atoms with Crippen molar-refractivity contribution in [2.75, 3.05) is 7.11 Å². The molecular weight excluding hydrogens is 324 g/mol. The van der Waals surface area contributed by atoms with E-state index in [1.165, 1.54) is 4.88 Å². The summed E-state index contributed by atoms with van der Waals surface area (Å²) >= 11 is 5.11. The molecule has 1 N–H and O–H groups in total. The van der Waals surface area contributed by atoms with Crippen LogP contribution in [0.4, 0.5) is 0 Å². The van der Waals surface area contributed by atoms with Gasteiger partial charge < -0.3 is 9.84 Å². The second kappa shape index (κ2) is 6.07. The summed E-state index contributed by atoms with van der Waals surface area (Å²) in [7, 11) is 1.65. The van der Waals surface area contributed by atoms with E-state index in [-0.39, 0.29) is 0 Å². The Bertz CT molecular complexity index is 531. The van der Waals surface area contributed by atoms with Crippen molar-refractivity contribution in [1.82, 2.24) is 0 Å². The van der Waals surface area contributed by atoms with Gasteiger partial charge in [-0.3, -0.25) is 0 Å². The topological polar surface area (TPSA) is 29.5 Å². The summed E-state index contributed by atoms with van der Waals surface area (Å²) in [6, 6.07) is 11.9. The molecule has 0 bridgehead atoms. The maximum absolute atomic E-state index is 10.5. The van der Waals surface area contributed by atoms with E-state index in [0.29, 0.717) is 12.8 Å². The number of hydrogen-bond donors (Lipinski definition) is 1. The Morgan fingerprint density at radius 3 is 2.37 bits per heavy atom. The van der Waals surface area contributed by atoms with Gasteiger partial charge in [-0.15, -0.1) is 11.3 Å². The van der Waals surface area contributed by atoms with Crippen LogP contribution in [0.2, 0.25) is 0 Å². The first-order valence-corrected chi connectivity index (χ1v) is 7.69. The molecule has 102 valence electrons. The highest BCUT2D eigenvalue weighted by Crippen LogP contribution is 2.27. The van der Waals surface area contributed by atoms with Gasteiger partial charge in [-0.25, -0.2) is 0 Å². The molecule has 1 heterocycles. The largest absolute Gasteiger partial charge is 0.497 e. The maximum Gasteiger partial charge on any atom is 0.118 e. The van der Waals surface area contributed by atoms with E-state index in [9.17, 15) is 5.11 Å². The molecule has 0 amide bonds. The van der Waals surface area contributed by atoms with Crippen LogP contribution < -0.4 is 4.74 Å². The van der Waals surface area contributed by atoms with Crippen molar-refractivity contribution in [3.8, 4) is 5.75 Å². The summed E-state index contributed by atoms with van der Waals surface area (Å²) in [5.41, 5.74) is 0.375. The number of ether oxygens (including phenoxy) is 1. The molecule has 1 unspecified atom stereocenters. The minimum absolute atomic E-state index is 0.631. The van der Waals surface area contributed by atoms with E-state index >= 15 is 0 Å². The van der Waals surface area contributed by atoms with Crippen molar-refractivity contribution in [3.63, 3.8) is 0 Å². The first kappa shape index (κ1) is 14.6. The zero-order chi connectivity index (χ0) is 13.9.